The van der Waals surface area contributed by atoms with Gasteiger partial charge in [0, 0.05) is 11.9 Å². The molecule has 4 nitrogen and oxygen atoms in total. The standard InChI is InChI=1S/2C20H38O2S.2CH3.Sn/c2*1-2-3-4-5-6-7-8-9-10-11-12-13-14-15-16-19(17-18-23)20(21)22;;;/h2*9-10,19,23H,2-8,11-18H2,1H3,(H,21,22);2*1H3;/q;;;;+2/p-2/b2*10-9-;;;. The van der Waals surface area contributed by atoms with E-state index in [-0.39, 0.29) is 33.0 Å². The number of aliphatic carboxylic acids is 2. The second kappa shape index (κ2) is 47.9. The molecule has 0 aliphatic heterocycles. The summed E-state index contributed by atoms with van der Waals surface area (Å²) in [6.07, 6.45) is 42.3. The van der Waals surface area contributed by atoms with E-state index < -0.39 is 11.9 Å². The first-order valence-electron chi connectivity index (χ1n) is 20.4. The Bertz CT molecular complexity index is 659. The van der Waals surface area contributed by atoms with Gasteiger partial charge in [-0.1, -0.05) is 141 Å². The Morgan fingerprint density at radius 1 is 0.469 bits per heavy atom. The number of carboxylic acid groups (broad SMARTS) is 2. The summed E-state index contributed by atoms with van der Waals surface area (Å²) < 4.78 is 0. The molecule has 0 fully saturated rings. The molecule has 0 saturated heterocycles. The van der Waals surface area contributed by atoms with Crippen LogP contribution in [0.1, 0.15) is 194 Å². The van der Waals surface area contributed by atoms with Crippen LogP contribution in [0, 0.1) is 11.8 Å². The first-order valence-corrected chi connectivity index (χ1v) is 27.3. The molecule has 0 radical (unpaired) electrons. The summed E-state index contributed by atoms with van der Waals surface area (Å²) in [7, 11) is 0. The molecule has 0 aromatic heterocycles. The number of allylic oxidation sites excluding steroid dienone is 4. The van der Waals surface area contributed by atoms with E-state index in [0.29, 0.717) is 24.3 Å². The van der Waals surface area contributed by atoms with Crippen molar-refractivity contribution in [3.8, 4) is 0 Å². The van der Waals surface area contributed by atoms with Crippen LogP contribution < -0.4 is 10.2 Å². The summed E-state index contributed by atoms with van der Waals surface area (Å²) in [5.74, 6) is -1.16. The van der Waals surface area contributed by atoms with Gasteiger partial charge in [0.1, 0.15) is 0 Å². The van der Waals surface area contributed by atoms with Crippen molar-refractivity contribution >= 4 is 58.3 Å². The molecule has 0 aromatic carbocycles. The maximum absolute atomic E-state index is 10.9. The maximum atomic E-state index is 10.9. The van der Waals surface area contributed by atoms with Crippen LogP contribution in [0.15, 0.2) is 24.3 Å². The third-order valence-electron chi connectivity index (χ3n) is 8.75. The van der Waals surface area contributed by atoms with Gasteiger partial charge in [-0.15, -0.1) is 0 Å². The Morgan fingerprint density at radius 3 is 0.959 bits per heavy atom. The fourth-order valence-corrected chi connectivity index (χ4v) is 6.26. The zero-order chi connectivity index (χ0) is 37.1. The van der Waals surface area contributed by atoms with Gasteiger partial charge in [-0.05, 0) is 100 Å². The molecule has 0 aliphatic rings. The van der Waals surface area contributed by atoms with Crippen LogP contribution in [0.2, 0.25) is 9.88 Å². The SMILES string of the molecule is CCCCCCCC/C=C\CCCCCCC(CCS)C(=O)[O-].CCCCCCCC/C=C\CCCCCCC(CCS)C(=O)[O-].[CH3][Sn+2][CH3]. The first kappa shape index (κ1) is 53.3. The predicted octanol–water partition coefficient (Wildman–Crippen LogP) is 11.4. The van der Waals surface area contributed by atoms with Crippen molar-refractivity contribution in [1.29, 1.82) is 0 Å². The average molecular weight is 832 g/mol. The number of rotatable bonds is 34. The molecule has 0 rings (SSSR count). The van der Waals surface area contributed by atoms with Gasteiger partial charge in [-0.25, -0.2) is 0 Å². The molecule has 0 heterocycles. The fourth-order valence-electron chi connectivity index (χ4n) is 5.64. The normalized spacial score (nSPS) is 12.2. The van der Waals surface area contributed by atoms with Gasteiger partial charge in [-0.3, -0.25) is 0 Å². The summed E-state index contributed by atoms with van der Waals surface area (Å²) in [5.41, 5.74) is 0. The Hall–Kier alpha value is -0.0813. The van der Waals surface area contributed by atoms with E-state index in [4.69, 9.17) is 0 Å². The summed E-state index contributed by atoms with van der Waals surface area (Å²) in [6.45, 7) is 4.51. The van der Waals surface area contributed by atoms with E-state index in [1.54, 1.807) is 0 Å². The molecule has 2 atom stereocenters. The quantitative estimate of drug-likeness (QED) is 0.0293. The third-order valence-corrected chi connectivity index (χ3v) is 9.27. The van der Waals surface area contributed by atoms with Crippen molar-refractivity contribution in [2.45, 2.75) is 204 Å². The minimum atomic E-state index is -0.906. The zero-order valence-corrected chi connectivity index (χ0v) is 37.3. The Kier molecular flexibility index (Phi) is 52.1. The molecule has 0 aliphatic carbocycles. The van der Waals surface area contributed by atoms with E-state index in [0.717, 1.165) is 51.4 Å². The van der Waals surface area contributed by atoms with Crippen molar-refractivity contribution in [1.82, 2.24) is 0 Å². The third kappa shape index (κ3) is 47.9. The summed E-state index contributed by atoms with van der Waals surface area (Å²) in [5, 5.41) is 21.8. The first-order chi connectivity index (χ1) is 23.9. The van der Waals surface area contributed by atoms with Crippen LogP contribution in [-0.4, -0.2) is 44.6 Å². The van der Waals surface area contributed by atoms with Crippen LogP contribution in [0.25, 0.3) is 0 Å². The van der Waals surface area contributed by atoms with E-state index in [9.17, 15) is 19.8 Å². The van der Waals surface area contributed by atoms with E-state index in [1.807, 2.05) is 0 Å². The van der Waals surface area contributed by atoms with Gasteiger partial charge in [0.05, 0.1) is 0 Å². The van der Waals surface area contributed by atoms with E-state index >= 15 is 0 Å². The van der Waals surface area contributed by atoms with Gasteiger partial charge >= 0.3 is 31.0 Å². The zero-order valence-electron chi connectivity index (χ0n) is 32.7. The van der Waals surface area contributed by atoms with Crippen molar-refractivity contribution in [2.75, 3.05) is 11.5 Å². The van der Waals surface area contributed by atoms with Gasteiger partial charge in [0.25, 0.3) is 0 Å². The number of hydrogen-bond donors (Lipinski definition) is 2. The number of carboxylic acids is 2. The van der Waals surface area contributed by atoms with Crippen molar-refractivity contribution < 1.29 is 19.8 Å². The number of carbonyl (C=O) groups excluding carboxylic acids is 2. The second-order valence-corrected chi connectivity index (χ2v) is 17.3. The van der Waals surface area contributed by atoms with Crippen LogP contribution in [-0.2, 0) is 9.59 Å². The van der Waals surface area contributed by atoms with Gasteiger partial charge in [0.15, 0.2) is 0 Å². The van der Waals surface area contributed by atoms with Crippen molar-refractivity contribution in [3.63, 3.8) is 0 Å². The van der Waals surface area contributed by atoms with Crippen molar-refractivity contribution in [2.24, 2.45) is 11.8 Å². The average Bonchev–Trinajstić information content (AvgIpc) is 3.08. The molecule has 0 spiro atoms. The number of unbranched alkanes of at least 4 members (excludes halogenated alkanes) is 20. The Labute approximate surface area is 327 Å². The Balaban J connectivity index is -0.000000798. The van der Waals surface area contributed by atoms with Crippen LogP contribution in [0.4, 0.5) is 0 Å². The molecule has 0 N–H and O–H groups in total. The fraction of sp³-hybridized carbons (Fsp3) is 0.857. The molecule has 0 amide bonds. The predicted molar refractivity (Wildman–Crippen MR) is 221 cm³/mol. The summed E-state index contributed by atoms with van der Waals surface area (Å²) >= 11 is 8.44. The molecule has 7 heteroatoms. The Morgan fingerprint density at radius 2 is 0.714 bits per heavy atom. The topological polar surface area (TPSA) is 80.3 Å². The molecule has 49 heavy (non-hydrogen) atoms. The summed E-state index contributed by atoms with van der Waals surface area (Å²) in [6, 6.07) is 0. The molecular formula is C42H80O4S2Sn. The second-order valence-electron chi connectivity index (χ2n) is 13.6. The number of hydrogen-bond acceptors (Lipinski definition) is 6. The van der Waals surface area contributed by atoms with Gasteiger partial charge in [-0.2, -0.15) is 25.3 Å². The molecule has 2 unspecified atom stereocenters. The monoisotopic (exact) mass is 832 g/mol. The molecule has 0 aromatic rings. The van der Waals surface area contributed by atoms with Gasteiger partial charge in [0.2, 0.25) is 0 Å². The molecule has 0 saturated carbocycles. The van der Waals surface area contributed by atoms with Crippen LogP contribution >= 0.6 is 25.3 Å². The number of carbonyl (C=O) groups is 2. The molecular weight excluding hydrogens is 751 g/mol. The van der Waals surface area contributed by atoms with Gasteiger partial charge < -0.3 is 19.8 Å². The van der Waals surface area contributed by atoms with Crippen LogP contribution in [0.5, 0.6) is 0 Å². The molecule has 0 bridgehead atoms. The minimum absolute atomic E-state index is 0.230. The van der Waals surface area contributed by atoms with Crippen LogP contribution in [0.3, 0.4) is 0 Å². The number of thiol groups is 2. The van der Waals surface area contributed by atoms with E-state index in [2.05, 4.69) is 73.3 Å². The molecule has 288 valence electrons. The van der Waals surface area contributed by atoms with E-state index in [1.165, 1.54) is 116 Å². The van der Waals surface area contributed by atoms with Crippen molar-refractivity contribution in [3.05, 3.63) is 24.3 Å². The summed E-state index contributed by atoms with van der Waals surface area (Å²) in [4.78, 5) is 26.4.